The molecule has 1 saturated heterocycles. The first-order valence-corrected chi connectivity index (χ1v) is 10.1. The van der Waals surface area contributed by atoms with Crippen molar-refractivity contribution in [2.75, 3.05) is 33.8 Å². The van der Waals surface area contributed by atoms with Crippen LogP contribution in [-0.2, 0) is 13.0 Å². The lowest BCUT2D eigenvalue weighted by atomic mass is 9.97. The molecule has 0 aromatic heterocycles. The van der Waals surface area contributed by atoms with Gasteiger partial charge in [0.1, 0.15) is 5.75 Å². The zero-order chi connectivity index (χ0) is 20.4. The lowest BCUT2D eigenvalue weighted by Crippen LogP contribution is -2.38. The van der Waals surface area contributed by atoms with E-state index in [9.17, 15) is 9.59 Å². The number of likely N-dealkylation sites (tertiary alicyclic amines) is 1. The summed E-state index contributed by atoms with van der Waals surface area (Å²) in [6.07, 6.45) is 1.74. The molecule has 0 radical (unpaired) electrons. The van der Waals surface area contributed by atoms with Crippen LogP contribution in [0.1, 0.15) is 38.3 Å². The van der Waals surface area contributed by atoms with Gasteiger partial charge in [0.2, 0.25) is 0 Å². The molecule has 0 bridgehead atoms. The molecular weight excluding hydrogens is 366 g/mol. The van der Waals surface area contributed by atoms with Crippen molar-refractivity contribution < 1.29 is 14.3 Å². The summed E-state index contributed by atoms with van der Waals surface area (Å²) in [5.74, 6) is 0.561. The number of methoxy groups -OCH3 is 1. The number of fused-ring (bicyclic) bond motifs is 1. The molecule has 2 aliphatic rings. The van der Waals surface area contributed by atoms with Crippen LogP contribution < -0.4 is 10.1 Å². The fourth-order valence-corrected chi connectivity index (χ4v) is 4.11. The van der Waals surface area contributed by atoms with Gasteiger partial charge in [-0.2, -0.15) is 0 Å². The molecule has 0 aliphatic carbocycles. The van der Waals surface area contributed by atoms with Crippen molar-refractivity contribution in [3.05, 3.63) is 64.7 Å². The minimum Gasteiger partial charge on any atom is -0.497 e. The lowest BCUT2D eigenvalue weighted by Gasteiger charge is -2.25. The van der Waals surface area contributed by atoms with Crippen LogP contribution in [0.2, 0.25) is 0 Å². The smallest absolute Gasteiger partial charge is 0.253 e. The second kappa shape index (κ2) is 8.25. The van der Waals surface area contributed by atoms with E-state index in [0.717, 1.165) is 31.5 Å². The largest absolute Gasteiger partial charge is 0.497 e. The quantitative estimate of drug-likeness (QED) is 0.866. The molecule has 4 rings (SSSR count). The van der Waals surface area contributed by atoms with Gasteiger partial charge < -0.3 is 19.9 Å². The highest BCUT2D eigenvalue weighted by Gasteiger charge is 2.29. The van der Waals surface area contributed by atoms with Crippen molar-refractivity contribution in [1.29, 1.82) is 0 Å². The SMILES string of the molecule is COc1cccc(C(=O)NC2CCN(C(=O)c3ccc4c(c3)CCN(C)C4)C2)c1. The summed E-state index contributed by atoms with van der Waals surface area (Å²) in [5.41, 5.74) is 3.89. The van der Waals surface area contributed by atoms with Crippen LogP contribution in [0.5, 0.6) is 5.75 Å². The number of likely N-dealkylation sites (N-methyl/N-ethyl adjacent to an activating group) is 1. The maximum atomic E-state index is 13.0. The number of ether oxygens (including phenoxy) is 1. The van der Waals surface area contributed by atoms with Gasteiger partial charge in [-0.25, -0.2) is 0 Å². The molecule has 29 heavy (non-hydrogen) atoms. The Labute approximate surface area is 171 Å². The molecule has 1 unspecified atom stereocenters. The standard InChI is InChI=1S/C23H27N3O3/c1-25-10-8-16-12-18(6-7-19(16)14-25)23(28)26-11-9-20(15-26)24-22(27)17-4-3-5-21(13-17)29-2/h3-7,12-13,20H,8-11,14-15H2,1-2H3,(H,24,27). The van der Waals surface area contributed by atoms with Crippen LogP contribution in [-0.4, -0.2) is 61.4 Å². The first kappa shape index (κ1) is 19.5. The van der Waals surface area contributed by atoms with E-state index in [0.29, 0.717) is 24.4 Å². The molecule has 2 aliphatic heterocycles. The minimum atomic E-state index is -0.138. The number of hydrogen-bond acceptors (Lipinski definition) is 4. The van der Waals surface area contributed by atoms with Crippen LogP contribution in [0.25, 0.3) is 0 Å². The van der Waals surface area contributed by atoms with Gasteiger partial charge in [-0.15, -0.1) is 0 Å². The normalized spacial score (nSPS) is 19.0. The van der Waals surface area contributed by atoms with Crippen LogP contribution in [0.15, 0.2) is 42.5 Å². The van der Waals surface area contributed by atoms with Gasteiger partial charge in [0.05, 0.1) is 7.11 Å². The van der Waals surface area contributed by atoms with Gasteiger partial charge in [-0.3, -0.25) is 9.59 Å². The molecule has 2 aromatic carbocycles. The number of benzene rings is 2. The van der Waals surface area contributed by atoms with E-state index in [4.69, 9.17) is 4.74 Å². The Balaban J connectivity index is 1.38. The van der Waals surface area contributed by atoms with E-state index in [1.54, 1.807) is 25.3 Å². The summed E-state index contributed by atoms with van der Waals surface area (Å²) in [7, 11) is 3.70. The molecule has 152 valence electrons. The predicted octanol–water partition coefficient (Wildman–Crippen LogP) is 2.33. The molecule has 1 N–H and O–H groups in total. The van der Waals surface area contributed by atoms with Gasteiger partial charge in [-0.1, -0.05) is 12.1 Å². The predicted molar refractivity (Wildman–Crippen MR) is 111 cm³/mol. The number of nitrogens with one attached hydrogen (secondary N) is 1. The third-order valence-corrected chi connectivity index (χ3v) is 5.80. The van der Waals surface area contributed by atoms with Gasteiger partial charge in [0.15, 0.2) is 0 Å². The third-order valence-electron chi connectivity index (χ3n) is 5.80. The molecule has 1 fully saturated rings. The van der Waals surface area contributed by atoms with E-state index in [1.807, 2.05) is 23.1 Å². The Morgan fingerprint density at radius 2 is 1.93 bits per heavy atom. The summed E-state index contributed by atoms with van der Waals surface area (Å²) in [5, 5.41) is 3.04. The molecule has 6 heteroatoms. The molecule has 1 atom stereocenters. The topological polar surface area (TPSA) is 61.9 Å². The summed E-state index contributed by atoms with van der Waals surface area (Å²) >= 11 is 0. The maximum absolute atomic E-state index is 13.0. The Hall–Kier alpha value is -2.86. The highest BCUT2D eigenvalue weighted by molar-refractivity contribution is 5.96. The Morgan fingerprint density at radius 3 is 2.76 bits per heavy atom. The molecule has 6 nitrogen and oxygen atoms in total. The van der Waals surface area contributed by atoms with Crippen LogP contribution in [0.3, 0.4) is 0 Å². The van der Waals surface area contributed by atoms with Crippen LogP contribution >= 0.6 is 0 Å². The van der Waals surface area contributed by atoms with Crippen molar-refractivity contribution in [2.45, 2.75) is 25.4 Å². The van der Waals surface area contributed by atoms with Crippen molar-refractivity contribution in [1.82, 2.24) is 15.1 Å². The maximum Gasteiger partial charge on any atom is 0.253 e. The van der Waals surface area contributed by atoms with Crippen LogP contribution in [0, 0.1) is 0 Å². The number of carbonyl (C=O) groups excluding carboxylic acids is 2. The summed E-state index contributed by atoms with van der Waals surface area (Å²) in [4.78, 5) is 29.6. The zero-order valence-electron chi connectivity index (χ0n) is 17.0. The van der Waals surface area contributed by atoms with Crippen molar-refractivity contribution >= 4 is 11.8 Å². The summed E-state index contributed by atoms with van der Waals surface area (Å²) in [6.45, 7) is 3.15. The Kier molecular flexibility index (Phi) is 5.53. The number of carbonyl (C=O) groups is 2. The number of nitrogens with zero attached hydrogens (tertiary/aromatic N) is 2. The first-order valence-electron chi connectivity index (χ1n) is 10.1. The average Bonchev–Trinajstić information content (AvgIpc) is 3.21. The number of amides is 2. The molecule has 0 saturated carbocycles. The summed E-state index contributed by atoms with van der Waals surface area (Å²) < 4.78 is 5.18. The Morgan fingerprint density at radius 1 is 1.07 bits per heavy atom. The molecule has 0 spiro atoms. The van der Waals surface area contributed by atoms with Crippen molar-refractivity contribution in [3.8, 4) is 5.75 Å². The van der Waals surface area contributed by atoms with Gasteiger partial charge in [0.25, 0.3) is 11.8 Å². The Bertz CT molecular complexity index is 927. The number of rotatable bonds is 4. The second-order valence-electron chi connectivity index (χ2n) is 7.91. The molecule has 2 heterocycles. The van der Waals surface area contributed by atoms with E-state index in [2.05, 4.69) is 23.3 Å². The van der Waals surface area contributed by atoms with E-state index in [-0.39, 0.29) is 17.9 Å². The molecule has 2 amide bonds. The first-order chi connectivity index (χ1) is 14.0. The molecule has 2 aromatic rings. The third kappa shape index (κ3) is 4.27. The van der Waals surface area contributed by atoms with Crippen LogP contribution in [0.4, 0.5) is 0 Å². The highest BCUT2D eigenvalue weighted by Crippen LogP contribution is 2.22. The van der Waals surface area contributed by atoms with Gasteiger partial charge in [0, 0.05) is 43.3 Å². The average molecular weight is 393 g/mol. The molecular formula is C23H27N3O3. The monoisotopic (exact) mass is 393 g/mol. The fraction of sp³-hybridized carbons (Fsp3) is 0.391. The lowest BCUT2D eigenvalue weighted by molar-refractivity contribution is 0.0783. The van der Waals surface area contributed by atoms with E-state index >= 15 is 0 Å². The fourth-order valence-electron chi connectivity index (χ4n) is 4.11. The van der Waals surface area contributed by atoms with Crippen molar-refractivity contribution in [3.63, 3.8) is 0 Å². The van der Waals surface area contributed by atoms with Crippen molar-refractivity contribution in [2.24, 2.45) is 0 Å². The van der Waals surface area contributed by atoms with E-state index in [1.165, 1.54) is 11.1 Å². The van der Waals surface area contributed by atoms with Gasteiger partial charge in [-0.05, 0) is 61.3 Å². The minimum absolute atomic E-state index is 0.0380. The second-order valence-corrected chi connectivity index (χ2v) is 7.91. The van der Waals surface area contributed by atoms with Gasteiger partial charge >= 0.3 is 0 Å². The van der Waals surface area contributed by atoms with E-state index < -0.39 is 0 Å². The highest BCUT2D eigenvalue weighted by atomic mass is 16.5. The number of hydrogen-bond donors (Lipinski definition) is 1. The zero-order valence-corrected chi connectivity index (χ0v) is 17.0. The summed E-state index contributed by atoms with van der Waals surface area (Å²) in [6, 6.07) is 13.1.